The second-order valence-corrected chi connectivity index (χ2v) is 31.2. The number of unbranched alkanes of at least 4 members (excludes halogenated alkanes) is 1. The zero-order valence-corrected chi connectivity index (χ0v) is 71.9. The van der Waals surface area contributed by atoms with Gasteiger partial charge in [-0.2, -0.15) is 0 Å². The molecule has 19 atom stereocenters. The van der Waals surface area contributed by atoms with Crippen LogP contribution in [0.25, 0.3) is 0 Å². The lowest BCUT2D eigenvalue weighted by atomic mass is 9.97. The first-order valence-corrected chi connectivity index (χ1v) is 41.2. The number of aliphatic carboxylic acids is 2. The number of phenolic OH excluding ortho intramolecular Hbond substituents is 3. The van der Waals surface area contributed by atoms with Gasteiger partial charge in [0.05, 0.1) is 57.1 Å². The van der Waals surface area contributed by atoms with E-state index >= 15 is 9.59 Å². The molecule has 708 valence electrons. The second kappa shape index (κ2) is 53.0. The van der Waals surface area contributed by atoms with E-state index in [1.807, 2.05) is 0 Å². The molecular weight excluding hydrogens is 1690 g/mol. The van der Waals surface area contributed by atoms with Crippen LogP contribution in [0.15, 0.2) is 72.8 Å². The van der Waals surface area contributed by atoms with E-state index in [1.54, 1.807) is 13.8 Å². The van der Waals surface area contributed by atoms with E-state index in [1.165, 1.54) is 93.6 Å². The molecule has 1 heterocycles. The summed E-state index contributed by atoms with van der Waals surface area (Å²) in [6.07, 6.45) is -8.19. The smallest absolute Gasteiger partial charge is 0.322 e. The topological polar surface area (TPSA) is 766 Å². The summed E-state index contributed by atoms with van der Waals surface area (Å²) in [7, 11) is 0. The number of aliphatic hydroxyl groups is 6. The molecule has 3 aromatic carbocycles. The van der Waals surface area contributed by atoms with Gasteiger partial charge in [-0.3, -0.25) is 86.3 Å². The van der Waals surface area contributed by atoms with Gasteiger partial charge in [0.1, 0.15) is 108 Å². The number of hydrogen-bond donors (Lipinski definition) is 28. The number of likely N-dealkylation sites (tertiary alicyclic amines) is 1. The van der Waals surface area contributed by atoms with Crippen LogP contribution in [0.1, 0.15) is 117 Å². The summed E-state index contributed by atoms with van der Waals surface area (Å²) in [5.74, 6) is -23.1. The molecule has 0 aliphatic carbocycles. The second-order valence-electron chi connectivity index (χ2n) is 31.2. The van der Waals surface area contributed by atoms with Crippen LogP contribution in [0, 0.1) is 11.8 Å². The van der Waals surface area contributed by atoms with Crippen LogP contribution in [0.3, 0.4) is 0 Å². The molecule has 0 unspecified atom stereocenters. The minimum absolute atomic E-state index is 0.000659. The van der Waals surface area contributed by atoms with Gasteiger partial charge in [0.2, 0.25) is 94.5 Å². The van der Waals surface area contributed by atoms with E-state index in [0.29, 0.717) is 19.3 Å². The molecule has 1 saturated heterocycles. The molecule has 128 heavy (non-hydrogen) atoms. The fourth-order valence-electron chi connectivity index (χ4n) is 12.8. The van der Waals surface area contributed by atoms with Crippen molar-refractivity contribution in [1.29, 1.82) is 0 Å². The molecule has 16 amide bonds. The summed E-state index contributed by atoms with van der Waals surface area (Å²) >= 11 is 0. The number of rotatable bonds is 53. The van der Waals surface area contributed by atoms with Gasteiger partial charge in [-0.05, 0) is 131 Å². The number of nitrogens with one attached hydrogen (secondary N) is 15. The number of hydrogen-bond acceptors (Lipinski definition) is 29. The first-order valence-electron chi connectivity index (χ1n) is 41.2. The van der Waals surface area contributed by atoms with E-state index < -0.39 is 286 Å². The van der Waals surface area contributed by atoms with Crippen molar-refractivity contribution in [2.45, 2.75) is 229 Å². The van der Waals surface area contributed by atoms with E-state index in [4.69, 9.17) is 16.6 Å². The van der Waals surface area contributed by atoms with Gasteiger partial charge in [-0.25, -0.2) is 0 Å². The van der Waals surface area contributed by atoms with Gasteiger partial charge < -0.3 is 152 Å². The Morgan fingerprint density at radius 2 is 0.773 bits per heavy atom. The molecule has 4 rings (SSSR count). The number of carboxylic acid groups (broad SMARTS) is 2. The highest BCUT2D eigenvalue weighted by Gasteiger charge is 2.44. The van der Waals surface area contributed by atoms with E-state index in [-0.39, 0.29) is 66.3 Å². The maximum Gasteiger partial charge on any atom is 0.322 e. The Bertz CT molecular complexity index is 4310. The normalized spacial score (nSPS) is 16.6. The molecule has 1 fully saturated rings. The highest BCUT2D eigenvalue weighted by atomic mass is 16.4. The lowest BCUT2D eigenvalue weighted by Crippen LogP contribution is -2.63. The Labute approximate surface area is 735 Å². The molecule has 1 aliphatic heterocycles. The van der Waals surface area contributed by atoms with Crippen LogP contribution >= 0.6 is 0 Å². The lowest BCUT2D eigenvalue weighted by molar-refractivity contribution is -0.144. The Balaban J connectivity index is 1.56. The van der Waals surface area contributed by atoms with Crippen molar-refractivity contribution in [3.05, 3.63) is 89.5 Å². The van der Waals surface area contributed by atoms with E-state index in [2.05, 4.69) is 79.8 Å². The molecule has 0 aromatic heterocycles. The van der Waals surface area contributed by atoms with Crippen LogP contribution in [0.4, 0.5) is 0 Å². The third-order valence-electron chi connectivity index (χ3n) is 20.4. The highest BCUT2D eigenvalue weighted by Crippen LogP contribution is 2.23. The van der Waals surface area contributed by atoms with Crippen LogP contribution in [-0.2, 0) is 106 Å². The molecule has 1 aliphatic rings. The van der Waals surface area contributed by atoms with E-state index in [0.717, 1.165) is 25.7 Å². The molecule has 30 N–H and O–H groups in total. The fourth-order valence-corrected chi connectivity index (χ4v) is 12.8. The zero-order valence-electron chi connectivity index (χ0n) is 71.9. The molecule has 0 radical (unpaired) electrons. The summed E-state index contributed by atoms with van der Waals surface area (Å²) in [4.78, 5) is 247. The quantitative estimate of drug-likeness (QED) is 0.0233. The number of nitrogens with two attached hydrogens (primary N) is 2. The summed E-state index contributed by atoms with van der Waals surface area (Å²) in [5, 5.41) is 147. The number of aliphatic hydroxyl groups excluding tert-OH is 6. The summed E-state index contributed by atoms with van der Waals surface area (Å²) in [6.45, 7) is 5.77. The van der Waals surface area contributed by atoms with Crippen LogP contribution in [-0.4, -0.2) is 322 Å². The Kier molecular flexibility index (Phi) is 44.5. The SMILES string of the molecule is CC[C@H](C)[C@H](NC(=O)[C@@H](N)[C@@H](C)O)C(=O)N[C@H](C(=O)N[C@@H](CO)C(=O)NCC(=O)NCC(=O)N[C@@H](CO)C(=O)N[C@@H](Cc1ccc(O)cc1)C(=O)N[C@H](C(=O)N[C@@H](Cc1ccc(O)cc1)C(=O)N[C@@H](Cc1ccc(O)cc1)C(=O)N1CCC[C@H]1C(=O)N[C@@H](CC(=O)O)C(=O)N[C@H](C(=O)N[C@H](C(=O)N[C@@H](CCCCN)C(=O)NCC(=O)O)C(C)C)[C@@H](C)O)[C@@H](C)O)[C@@H](C)O. The number of carbonyl (C=O) groups is 18. The van der Waals surface area contributed by atoms with Gasteiger partial charge in [-0.1, -0.05) is 70.5 Å². The van der Waals surface area contributed by atoms with Gasteiger partial charge >= 0.3 is 11.9 Å². The van der Waals surface area contributed by atoms with Gasteiger partial charge in [-0.15, -0.1) is 0 Å². The van der Waals surface area contributed by atoms with Crippen molar-refractivity contribution >= 4 is 106 Å². The van der Waals surface area contributed by atoms with Crippen molar-refractivity contribution in [2.75, 3.05) is 45.9 Å². The summed E-state index contributed by atoms with van der Waals surface area (Å²) in [5.41, 5.74) is 12.1. The Morgan fingerprint density at radius 1 is 0.398 bits per heavy atom. The molecule has 47 nitrogen and oxygen atoms in total. The maximum absolute atomic E-state index is 15.2. The number of phenols is 3. The third kappa shape index (κ3) is 35.2. The molecule has 47 heteroatoms. The number of aromatic hydroxyl groups is 3. The number of carboxylic acids is 2. The molecule has 0 bridgehead atoms. The van der Waals surface area contributed by atoms with Gasteiger partial charge in [0.25, 0.3) is 0 Å². The first-order chi connectivity index (χ1) is 60.2. The monoisotopic (exact) mass is 1810 g/mol. The number of nitrogens with zero attached hydrogens (tertiary/aromatic N) is 1. The lowest BCUT2D eigenvalue weighted by Gasteiger charge is -2.31. The van der Waals surface area contributed by atoms with Crippen LogP contribution in [0.2, 0.25) is 0 Å². The average Bonchev–Trinajstić information content (AvgIpc) is 1.64. The fraction of sp³-hybridized carbons (Fsp3) is 0.556. The zero-order chi connectivity index (χ0) is 96.1. The third-order valence-corrected chi connectivity index (χ3v) is 20.4. The van der Waals surface area contributed by atoms with Crippen LogP contribution in [0.5, 0.6) is 17.2 Å². The average molecular weight is 1810 g/mol. The number of carbonyl (C=O) groups excluding carboxylic acids is 16. The molecular formula is C81H120N18O29. The van der Waals surface area contributed by atoms with Crippen LogP contribution < -0.4 is 91.2 Å². The Hall–Kier alpha value is -12.8. The van der Waals surface area contributed by atoms with Crippen molar-refractivity contribution < 1.29 is 142 Å². The number of benzene rings is 3. The predicted molar refractivity (Wildman–Crippen MR) is 448 cm³/mol. The van der Waals surface area contributed by atoms with Gasteiger partial charge in [0.15, 0.2) is 0 Å². The standard InChI is InChI=1S/C81H120N18O29/c1-9-39(4)64(95-75(122)62(83)40(5)102)77(124)98-66(42(7)104)79(126)93-55(36-100)69(116)85-33-58(109)84-34-59(110)87-56(37-101)73(120)89-52(30-45-17-23-48(107)24-18-45)71(118)96-65(41(6)103)78(125)91-51(29-44-15-21-47(106)22-16-44)70(117)92-54(31-46-19-25-49(108)26-20-46)81(128)99-28-12-14-57(99)74(121)90-53(32-60(111)112)72(119)97-67(43(8)105)80(127)94-63(38(2)3)76(123)88-50(13-10-11-27-82)68(115)86-35-61(113)114/h15-26,38-43,50-57,62-67,100-108H,9-14,27-37,82-83H2,1-8H3,(H,84,109)(H,85,116)(H,86,115)(H,87,110)(H,88,123)(H,89,120)(H,90,121)(H,91,125)(H,92,117)(H,93,126)(H,94,127)(H,95,122)(H,96,118)(H,97,119)(H,98,124)(H,111,112)(H,113,114)/t39-,40+,41+,42+,43+,50-,51-,52-,53-,54-,55-,56-,57-,62-,63-,64-,65-,66-,67-/m0/s1. The van der Waals surface area contributed by atoms with Crippen molar-refractivity contribution in [3.8, 4) is 17.2 Å². The molecule has 3 aromatic rings. The number of amides is 16. The van der Waals surface area contributed by atoms with Crippen molar-refractivity contribution in [1.82, 2.24) is 84.7 Å². The molecule has 0 saturated carbocycles. The largest absolute Gasteiger partial charge is 0.508 e. The van der Waals surface area contributed by atoms with Crippen molar-refractivity contribution in [3.63, 3.8) is 0 Å². The summed E-state index contributed by atoms with van der Waals surface area (Å²) in [6, 6.07) is -8.60. The van der Waals surface area contributed by atoms with E-state index in [9.17, 15) is 128 Å². The van der Waals surface area contributed by atoms with Gasteiger partial charge in [0, 0.05) is 25.8 Å². The van der Waals surface area contributed by atoms with Crippen molar-refractivity contribution in [2.24, 2.45) is 23.3 Å². The predicted octanol–water partition coefficient (Wildman–Crippen LogP) is -9.79. The first kappa shape index (κ1) is 108. The minimum atomic E-state index is -2.06. The maximum atomic E-state index is 15.2. The highest BCUT2D eigenvalue weighted by molar-refractivity contribution is 6.02. The minimum Gasteiger partial charge on any atom is -0.508 e. The molecule has 0 spiro atoms. The summed E-state index contributed by atoms with van der Waals surface area (Å²) < 4.78 is 0. The Morgan fingerprint density at radius 3 is 1.23 bits per heavy atom.